The Labute approximate surface area is 149 Å². The molecule has 2 heterocycles. The van der Waals surface area contributed by atoms with Gasteiger partial charge in [-0.05, 0) is 31.9 Å². The molecule has 2 aromatic rings. The van der Waals surface area contributed by atoms with Gasteiger partial charge in [-0.3, -0.25) is 9.78 Å². The first-order chi connectivity index (χ1) is 12.3. The van der Waals surface area contributed by atoms with E-state index in [0.29, 0.717) is 5.76 Å². The summed E-state index contributed by atoms with van der Waals surface area (Å²) in [4.78, 5) is 15.6. The monoisotopic (exact) mass is 367 g/mol. The van der Waals surface area contributed by atoms with Crippen molar-refractivity contribution in [2.75, 3.05) is 0 Å². The van der Waals surface area contributed by atoms with Crippen molar-refractivity contribution in [3.8, 4) is 11.3 Å². The van der Waals surface area contributed by atoms with E-state index in [4.69, 9.17) is 4.52 Å². The number of hydrogen-bond acceptors (Lipinski definition) is 4. The zero-order valence-electron chi connectivity index (χ0n) is 14.3. The van der Waals surface area contributed by atoms with Crippen LogP contribution in [0.1, 0.15) is 56.5 Å². The number of alkyl halides is 3. The molecule has 1 fully saturated rings. The van der Waals surface area contributed by atoms with E-state index in [1.807, 2.05) is 0 Å². The Balaban J connectivity index is 1.70. The summed E-state index contributed by atoms with van der Waals surface area (Å²) in [5.74, 6) is 0.399. The highest BCUT2D eigenvalue weighted by Crippen LogP contribution is 2.31. The molecule has 1 atom stereocenters. The SMILES string of the molecule is C[C@H](NC(=O)C1CCCCC1)c1cc(-c2ccnc(C(F)(F)F)c2)no1. The van der Waals surface area contributed by atoms with Gasteiger partial charge in [-0.25, -0.2) is 0 Å². The fourth-order valence-electron chi connectivity index (χ4n) is 3.14. The summed E-state index contributed by atoms with van der Waals surface area (Å²) in [6, 6.07) is 3.49. The van der Waals surface area contributed by atoms with Crippen LogP contribution in [-0.4, -0.2) is 16.0 Å². The lowest BCUT2D eigenvalue weighted by atomic mass is 9.88. The van der Waals surface area contributed by atoms with E-state index >= 15 is 0 Å². The fourth-order valence-corrected chi connectivity index (χ4v) is 3.14. The first kappa shape index (κ1) is 18.4. The van der Waals surface area contributed by atoms with Crippen LogP contribution in [0.3, 0.4) is 0 Å². The van der Waals surface area contributed by atoms with Gasteiger partial charge in [0, 0.05) is 23.7 Å². The van der Waals surface area contributed by atoms with Gasteiger partial charge >= 0.3 is 6.18 Å². The van der Waals surface area contributed by atoms with Gasteiger partial charge in [0.05, 0.1) is 6.04 Å². The minimum atomic E-state index is -4.52. The quantitative estimate of drug-likeness (QED) is 0.863. The van der Waals surface area contributed by atoms with Crippen LogP contribution in [-0.2, 0) is 11.0 Å². The smallest absolute Gasteiger partial charge is 0.359 e. The molecule has 0 aliphatic heterocycles. The van der Waals surface area contributed by atoms with Crippen LogP contribution in [0.15, 0.2) is 28.9 Å². The highest BCUT2D eigenvalue weighted by atomic mass is 19.4. The molecule has 0 spiro atoms. The van der Waals surface area contributed by atoms with Crippen LogP contribution < -0.4 is 5.32 Å². The number of amides is 1. The van der Waals surface area contributed by atoms with E-state index in [0.717, 1.165) is 44.4 Å². The summed E-state index contributed by atoms with van der Waals surface area (Å²) >= 11 is 0. The number of aromatic nitrogens is 2. The lowest BCUT2D eigenvalue weighted by Gasteiger charge is -2.22. The van der Waals surface area contributed by atoms with Crippen molar-refractivity contribution in [3.63, 3.8) is 0 Å². The van der Waals surface area contributed by atoms with Crippen molar-refractivity contribution in [1.82, 2.24) is 15.5 Å². The Kier molecular flexibility index (Phi) is 5.29. The van der Waals surface area contributed by atoms with Crippen LogP contribution in [0.4, 0.5) is 13.2 Å². The topological polar surface area (TPSA) is 68.0 Å². The minimum Gasteiger partial charge on any atom is -0.359 e. The molecule has 0 unspecified atom stereocenters. The van der Waals surface area contributed by atoms with Gasteiger partial charge in [0.25, 0.3) is 0 Å². The predicted molar refractivity (Wildman–Crippen MR) is 87.9 cm³/mol. The van der Waals surface area contributed by atoms with Crippen molar-refractivity contribution < 1.29 is 22.5 Å². The van der Waals surface area contributed by atoms with E-state index in [-0.39, 0.29) is 23.1 Å². The first-order valence-corrected chi connectivity index (χ1v) is 8.65. The molecule has 1 amide bonds. The third kappa shape index (κ3) is 4.23. The van der Waals surface area contributed by atoms with Crippen molar-refractivity contribution in [3.05, 3.63) is 35.9 Å². The Bertz CT molecular complexity index is 767. The van der Waals surface area contributed by atoms with Gasteiger partial charge in [0.1, 0.15) is 11.4 Å². The molecule has 1 N–H and O–H groups in total. The lowest BCUT2D eigenvalue weighted by molar-refractivity contribution is -0.141. The molecule has 8 heteroatoms. The van der Waals surface area contributed by atoms with E-state index in [9.17, 15) is 18.0 Å². The zero-order chi connectivity index (χ0) is 18.7. The number of carbonyl (C=O) groups excluding carboxylic acids is 1. The van der Waals surface area contributed by atoms with E-state index < -0.39 is 17.9 Å². The van der Waals surface area contributed by atoms with Crippen molar-refractivity contribution in [1.29, 1.82) is 0 Å². The molecule has 2 aromatic heterocycles. The second kappa shape index (κ2) is 7.47. The standard InChI is InChI=1S/C18H20F3N3O2/c1-11(23-17(25)12-5-3-2-4-6-12)15-10-14(24-26-15)13-7-8-22-16(9-13)18(19,20)21/h7-12H,2-6H2,1H3,(H,23,25)/t11-/m0/s1. The average molecular weight is 367 g/mol. The molecule has 26 heavy (non-hydrogen) atoms. The van der Waals surface area contributed by atoms with Gasteiger partial charge in [-0.1, -0.05) is 24.4 Å². The second-order valence-electron chi connectivity index (χ2n) is 6.61. The summed E-state index contributed by atoms with van der Waals surface area (Å²) in [5, 5.41) is 6.73. The molecule has 1 aliphatic rings. The largest absolute Gasteiger partial charge is 0.433 e. The molecule has 1 saturated carbocycles. The predicted octanol–water partition coefficient (Wildman–Crippen LogP) is 4.51. The molecule has 0 saturated heterocycles. The van der Waals surface area contributed by atoms with Gasteiger partial charge < -0.3 is 9.84 Å². The molecule has 3 rings (SSSR count). The molecule has 5 nitrogen and oxygen atoms in total. The van der Waals surface area contributed by atoms with Crippen LogP contribution in [0, 0.1) is 5.92 Å². The first-order valence-electron chi connectivity index (χ1n) is 8.65. The minimum absolute atomic E-state index is 0.0154. The van der Waals surface area contributed by atoms with Gasteiger partial charge in [-0.15, -0.1) is 0 Å². The van der Waals surface area contributed by atoms with Gasteiger partial charge in [-0.2, -0.15) is 13.2 Å². The number of carbonyl (C=O) groups is 1. The Morgan fingerprint density at radius 3 is 2.69 bits per heavy atom. The molecule has 0 radical (unpaired) electrons. The maximum atomic E-state index is 12.8. The molecule has 1 aliphatic carbocycles. The fraction of sp³-hybridized carbons (Fsp3) is 0.500. The molecule has 0 bridgehead atoms. The second-order valence-corrected chi connectivity index (χ2v) is 6.61. The Morgan fingerprint density at radius 1 is 1.27 bits per heavy atom. The number of nitrogens with zero attached hydrogens (tertiary/aromatic N) is 2. The number of hydrogen-bond donors (Lipinski definition) is 1. The number of nitrogens with one attached hydrogen (secondary N) is 1. The van der Waals surface area contributed by atoms with Crippen LogP contribution in [0.5, 0.6) is 0 Å². The molecule has 0 aromatic carbocycles. The highest BCUT2D eigenvalue weighted by Gasteiger charge is 2.32. The third-order valence-electron chi connectivity index (χ3n) is 4.64. The van der Waals surface area contributed by atoms with Crippen molar-refractivity contribution in [2.24, 2.45) is 5.92 Å². The van der Waals surface area contributed by atoms with Crippen molar-refractivity contribution >= 4 is 5.91 Å². The summed E-state index contributed by atoms with van der Waals surface area (Å²) < 4.78 is 43.6. The molecular weight excluding hydrogens is 347 g/mol. The number of halogens is 3. The van der Waals surface area contributed by atoms with E-state index in [1.165, 1.54) is 6.07 Å². The zero-order valence-corrected chi connectivity index (χ0v) is 14.3. The average Bonchev–Trinajstić information content (AvgIpc) is 3.12. The van der Waals surface area contributed by atoms with Gasteiger partial charge in [0.15, 0.2) is 5.76 Å². The summed E-state index contributed by atoms with van der Waals surface area (Å²) in [6.45, 7) is 1.76. The third-order valence-corrected chi connectivity index (χ3v) is 4.64. The number of pyridine rings is 1. The van der Waals surface area contributed by atoms with Gasteiger partial charge in [0.2, 0.25) is 5.91 Å². The van der Waals surface area contributed by atoms with Crippen LogP contribution >= 0.6 is 0 Å². The maximum Gasteiger partial charge on any atom is 0.433 e. The normalized spacial score (nSPS) is 17.1. The van der Waals surface area contributed by atoms with Crippen LogP contribution in [0.2, 0.25) is 0 Å². The highest BCUT2D eigenvalue weighted by molar-refractivity contribution is 5.79. The lowest BCUT2D eigenvalue weighted by Crippen LogP contribution is -2.33. The summed E-state index contributed by atoms with van der Waals surface area (Å²) in [5.41, 5.74) is -0.460. The number of rotatable bonds is 4. The molecular formula is C18H20F3N3O2. The van der Waals surface area contributed by atoms with Crippen LogP contribution in [0.25, 0.3) is 11.3 Å². The summed E-state index contributed by atoms with van der Waals surface area (Å²) in [6.07, 6.45) is 1.61. The maximum absolute atomic E-state index is 12.8. The summed E-state index contributed by atoms with van der Waals surface area (Å²) in [7, 11) is 0. The van der Waals surface area contributed by atoms with E-state index in [2.05, 4.69) is 15.5 Å². The Morgan fingerprint density at radius 2 is 2.00 bits per heavy atom. The van der Waals surface area contributed by atoms with Crippen molar-refractivity contribution in [2.45, 2.75) is 51.2 Å². The van der Waals surface area contributed by atoms with E-state index in [1.54, 1.807) is 13.0 Å². The molecule has 140 valence electrons. The Hall–Kier alpha value is -2.38.